The summed E-state index contributed by atoms with van der Waals surface area (Å²) in [6.45, 7) is -0.117. The number of halogens is 3. The number of Topliss-reactive ketones (excluding diaryl/α,β-unsaturated/α-hetero) is 1. The Labute approximate surface area is 88.0 Å². The van der Waals surface area contributed by atoms with Crippen molar-refractivity contribution in [2.75, 3.05) is 6.54 Å². The molecule has 1 rings (SSSR count). The van der Waals surface area contributed by atoms with E-state index in [1.165, 1.54) is 12.1 Å². The molecular weight excluding hydrogens is 260 g/mol. The minimum absolute atomic E-state index is 0.0915. The lowest BCUT2D eigenvalue weighted by Gasteiger charge is -2.01. The van der Waals surface area contributed by atoms with Crippen LogP contribution in [0.25, 0.3) is 0 Å². The van der Waals surface area contributed by atoms with Crippen LogP contribution in [0.5, 0.6) is 0 Å². The van der Waals surface area contributed by atoms with Crippen molar-refractivity contribution >= 4 is 33.3 Å². The fourth-order valence-corrected chi connectivity index (χ4v) is 1.63. The molecule has 0 saturated carbocycles. The third-order valence-corrected chi connectivity index (χ3v) is 2.34. The zero-order valence-corrected chi connectivity index (χ0v) is 8.82. The van der Waals surface area contributed by atoms with Crippen LogP contribution in [0.4, 0.5) is 4.39 Å². The fraction of sp³-hybridized carbons (Fsp3) is 0.125. The Morgan fingerprint density at radius 1 is 1.62 bits per heavy atom. The van der Waals surface area contributed by atoms with Crippen molar-refractivity contribution in [3.63, 3.8) is 0 Å². The molecule has 1 aromatic rings. The maximum Gasteiger partial charge on any atom is 0.176 e. The van der Waals surface area contributed by atoms with Gasteiger partial charge in [0.25, 0.3) is 0 Å². The van der Waals surface area contributed by atoms with Gasteiger partial charge in [0, 0.05) is 5.56 Å². The highest BCUT2D eigenvalue weighted by Crippen LogP contribution is 2.25. The largest absolute Gasteiger partial charge is 0.324 e. The number of nitrogens with two attached hydrogens (primary N) is 1. The van der Waals surface area contributed by atoms with Gasteiger partial charge in [-0.05, 0) is 28.1 Å². The molecule has 0 spiro atoms. The molecule has 0 heterocycles. The number of carbonyl (C=O) groups is 1. The van der Waals surface area contributed by atoms with Crippen molar-refractivity contribution in [1.82, 2.24) is 0 Å². The third-order valence-electron chi connectivity index (χ3n) is 1.49. The van der Waals surface area contributed by atoms with E-state index >= 15 is 0 Å². The van der Waals surface area contributed by atoms with Gasteiger partial charge >= 0.3 is 0 Å². The van der Waals surface area contributed by atoms with Crippen LogP contribution in [-0.2, 0) is 0 Å². The molecule has 0 aliphatic rings. The fourth-order valence-electron chi connectivity index (χ4n) is 0.834. The van der Waals surface area contributed by atoms with Gasteiger partial charge in [0.05, 0.1) is 16.0 Å². The standard InChI is InChI=1S/C8H6BrClFNO/c9-5-1-4(7(13)3-12)2-6(10)8(5)11/h1-2H,3,12H2. The maximum atomic E-state index is 13.0. The SMILES string of the molecule is NCC(=O)c1cc(Cl)c(F)c(Br)c1. The zero-order chi connectivity index (χ0) is 10.0. The number of ketones is 1. The second kappa shape index (κ2) is 4.17. The minimum Gasteiger partial charge on any atom is -0.324 e. The van der Waals surface area contributed by atoms with E-state index in [0.717, 1.165) is 0 Å². The molecule has 13 heavy (non-hydrogen) atoms. The molecule has 0 fully saturated rings. The Morgan fingerprint density at radius 2 is 2.23 bits per heavy atom. The van der Waals surface area contributed by atoms with E-state index in [1.807, 2.05) is 0 Å². The van der Waals surface area contributed by atoms with Gasteiger partial charge in [-0.2, -0.15) is 0 Å². The molecule has 0 radical (unpaired) electrons. The van der Waals surface area contributed by atoms with Crippen LogP contribution in [0.2, 0.25) is 5.02 Å². The van der Waals surface area contributed by atoms with Gasteiger partial charge in [-0.25, -0.2) is 4.39 Å². The van der Waals surface area contributed by atoms with Crippen molar-refractivity contribution < 1.29 is 9.18 Å². The van der Waals surface area contributed by atoms with Crippen LogP contribution in [0.1, 0.15) is 10.4 Å². The van der Waals surface area contributed by atoms with E-state index in [-0.39, 0.29) is 21.8 Å². The normalized spacial score (nSPS) is 10.2. The van der Waals surface area contributed by atoms with Gasteiger partial charge in [0.15, 0.2) is 11.6 Å². The predicted molar refractivity (Wildman–Crippen MR) is 52.5 cm³/mol. The molecule has 0 amide bonds. The van der Waals surface area contributed by atoms with E-state index in [2.05, 4.69) is 15.9 Å². The summed E-state index contributed by atoms with van der Waals surface area (Å²) in [5.41, 5.74) is 5.45. The first-order chi connectivity index (χ1) is 6.06. The van der Waals surface area contributed by atoms with Crippen LogP contribution in [0, 0.1) is 5.82 Å². The minimum atomic E-state index is -0.574. The molecule has 5 heteroatoms. The summed E-state index contributed by atoms with van der Waals surface area (Å²) in [5, 5.41) is -0.0915. The Morgan fingerprint density at radius 3 is 2.69 bits per heavy atom. The molecule has 70 valence electrons. The highest BCUT2D eigenvalue weighted by Gasteiger charge is 2.10. The molecule has 0 saturated heterocycles. The quantitative estimate of drug-likeness (QED) is 0.660. The first-order valence-corrected chi connectivity index (χ1v) is 4.61. The number of carbonyl (C=O) groups excluding carboxylic acids is 1. The van der Waals surface area contributed by atoms with Crippen LogP contribution in [0.15, 0.2) is 16.6 Å². The smallest absolute Gasteiger partial charge is 0.176 e. The van der Waals surface area contributed by atoms with Gasteiger partial charge in [-0.1, -0.05) is 11.6 Å². The molecular formula is C8H6BrClFNO. The number of hydrogen-bond donors (Lipinski definition) is 1. The van der Waals surface area contributed by atoms with E-state index in [4.69, 9.17) is 17.3 Å². The van der Waals surface area contributed by atoms with Gasteiger partial charge in [0.1, 0.15) is 0 Å². The maximum absolute atomic E-state index is 13.0. The van der Waals surface area contributed by atoms with Crippen LogP contribution < -0.4 is 5.73 Å². The molecule has 0 unspecified atom stereocenters. The van der Waals surface area contributed by atoms with Crippen LogP contribution in [0.3, 0.4) is 0 Å². The lowest BCUT2D eigenvalue weighted by Crippen LogP contribution is -2.13. The van der Waals surface area contributed by atoms with E-state index in [1.54, 1.807) is 0 Å². The molecule has 2 N–H and O–H groups in total. The van der Waals surface area contributed by atoms with Gasteiger partial charge in [0.2, 0.25) is 0 Å². The van der Waals surface area contributed by atoms with Gasteiger partial charge < -0.3 is 5.73 Å². The van der Waals surface area contributed by atoms with Crippen molar-refractivity contribution in [3.05, 3.63) is 33.0 Å². The average molecular weight is 266 g/mol. The van der Waals surface area contributed by atoms with E-state index in [9.17, 15) is 9.18 Å². The van der Waals surface area contributed by atoms with Crippen molar-refractivity contribution in [3.8, 4) is 0 Å². The summed E-state index contributed by atoms with van der Waals surface area (Å²) in [6, 6.07) is 2.62. The lowest BCUT2D eigenvalue weighted by molar-refractivity contribution is 0.100. The van der Waals surface area contributed by atoms with Gasteiger partial charge in [-0.15, -0.1) is 0 Å². The summed E-state index contributed by atoms with van der Waals surface area (Å²) in [4.78, 5) is 11.1. The zero-order valence-electron chi connectivity index (χ0n) is 6.48. The average Bonchev–Trinajstić information content (AvgIpc) is 2.12. The topological polar surface area (TPSA) is 43.1 Å². The number of hydrogen-bond acceptors (Lipinski definition) is 2. The number of rotatable bonds is 2. The Bertz CT molecular complexity index is 333. The van der Waals surface area contributed by atoms with Crippen LogP contribution >= 0.6 is 27.5 Å². The monoisotopic (exact) mass is 265 g/mol. The van der Waals surface area contributed by atoms with E-state index < -0.39 is 5.82 Å². The summed E-state index contributed by atoms with van der Waals surface area (Å²) >= 11 is 8.46. The molecule has 0 aliphatic heterocycles. The highest BCUT2D eigenvalue weighted by molar-refractivity contribution is 9.10. The van der Waals surface area contributed by atoms with Crippen molar-refractivity contribution in [2.24, 2.45) is 5.73 Å². The Kier molecular flexibility index (Phi) is 3.41. The first-order valence-electron chi connectivity index (χ1n) is 3.44. The van der Waals surface area contributed by atoms with Crippen molar-refractivity contribution in [2.45, 2.75) is 0 Å². The second-order valence-corrected chi connectivity index (χ2v) is 3.64. The molecule has 0 bridgehead atoms. The second-order valence-electron chi connectivity index (χ2n) is 2.38. The highest BCUT2D eigenvalue weighted by atomic mass is 79.9. The predicted octanol–water partition coefficient (Wildman–Crippen LogP) is 2.38. The van der Waals surface area contributed by atoms with E-state index in [0.29, 0.717) is 5.56 Å². The third kappa shape index (κ3) is 2.27. The molecule has 1 aromatic carbocycles. The number of benzene rings is 1. The molecule has 0 aromatic heterocycles. The van der Waals surface area contributed by atoms with Gasteiger partial charge in [-0.3, -0.25) is 4.79 Å². The first kappa shape index (κ1) is 10.6. The molecule has 0 atom stereocenters. The summed E-state index contributed by atoms with van der Waals surface area (Å²) < 4.78 is 13.1. The Balaban J connectivity index is 3.20. The Hall–Kier alpha value is -0.450. The molecule has 0 aliphatic carbocycles. The summed E-state index contributed by atoms with van der Waals surface area (Å²) in [5.74, 6) is -0.849. The van der Waals surface area contributed by atoms with Crippen LogP contribution in [-0.4, -0.2) is 12.3 Å². The van der Waals surface area contributed by atoms with Crippen molar-refractivity contribution in [1.29, 1.82) is 0 Å². The lowest BCUT2D eigenvalue weighted by atomic mass is 10.1. The summed E-state index contributed by atoms with van der Waals surface area (Å²) in [6.07, 6.45) is 0. The summed E-state index contributed by atoms with van der Waals surface area (Å²) in [7, 11) is 0. The molecule has 2 nitrogen and oxygen atoms in total.